The van der Waals surface area contributed by atoms with Crippen molar-refractivity contribution in [1.29, 1.82) is 0 Å². The van der Waals surface area contributed by atoms with Crippen LogP contribution in [-0.2, 0) is 4.79 Å². The van der Waals surface area contributed by atoms with Crippen molar-refractivity contribution < 1.29 is 9.90 Å². The van der Waals surface area contributed by atoms with E-state index >= 15 is 0 Å². The Labute approximate surface area is 84.5 Å². The summed E-state index contributed by atoms with van der Waals surface area (Å²) in [7, 11) is 2.17. The Bertz CT molecular complexity index is 218. The lowest BCUT2D eigenvalue weighted by atomic mass is 10.0. The molecule has 1 N–H and O–H groups in total. The van der Waals surface area contributed by atoms with Crippen molar-refractivity contribution in [2.45, 2.75) is 6.42 Å². The first kappa shape index (κ1) is 9.93. The third-order valence-electron chi connectivity index (χ3n) is 3.39. The molecule has 0 aliphatic carbocycles. The molecule has 2 atom stereocenters. The fourth-order valence-corrected chi connectivity index (χ4v) is 2.76. The number of aliphatic carboxylic acids is 1. The van der Waals surface area contributed by atoms with Crippen LogP contribution in [0.2, 0.25) is 0 Å². The van der Waals surface area contributed by atoms with E-state index < -0.39 is 5.97 Å². The van der Waals surface area contributed by atoms with Crippen molar-refractivity contribution in [2.75, 3.05) is 39.8 Å². The first-order valence-electron chi connectivity index (χ1n) is 5.28. The summed E-state index contributed by atoms with van der Waals surface area (Å²) >= 11 is 0. The minimum absolute atomic E-state index is 0.287. The Kier molecular flexibility index (Phi) is 2.74. The minimum atomic E-state index is -0.681. The molecule has 0 aromatic rings. The molecule has 0 aromatic carbocycles. The Hall–Kier alpha value is -0.610. The third-order valence-corrected chi connectivity index (χ3v) is 3.39. The maximum atomic E-state index is 10.4. The summed E-state index contributed by atoms with van der Waals surface area (Å²) < 4.78 is 0. The van der Waals surface area contributed by atoms with E-state index in [1.165, 1.54) is 13.1 Å². The number of nitrogens with zero attached hydrogens (tertiary/aromatic N) is 2. The zero-order valence-electron chi connectivity index (χ0n) is 8.65. The molecule has 2 unspecified atom stereocenters. The largest absolute Gasteiger partial charge is 0.481 e. The van der Waals surface area contributed by atoms with Gasteiger partial charge in [0, 0.05) is 32.7 Å². The molecule has 2 heterocycles. The van der Waals surface area contributed by atoms with Gasteiger partial charge in [0.05, 0.1) is 6.42 Å². The highest BCUT2D eigenvalue weighted by atomic mass is 16.4. The van der Waals surface area contributed by atoms with Crippen LogP contribution < -0.4 is 0 Å². The summed E-state index contributed by atoms with van der Waals surface area (Å²) in [5.74, 6) is 0.891. The van der Waals surface area contributed by atoms with Crippen molar-refractivity contribution >= 4 is 5.97 Å². The van der Waals surface area contributed by atoms with Gasteiger partial charge in [-0.05, 0) is 18.9 Å². The Morgan fingerprint density at radius 2 is 1.86 bits per heavy atom. The number of fused-ring (bicyclic) bond motifs is 1. The van der Waals surface area contributed by atoms with Gasteiger partial charge in [0.2, 0.25) is 0 Å². The minimum Gasteiger partial charge on any atom is -0.481 e. The van der Waals surface area contributed by atoms with Crippen molar-refractivity contribution in [3.8, 4) is 0 Å². The molecule has 14 heavy (non-hydrogen) atoms. The van der Waals surface area contributed by atoms with Crippen molar-refractivity contribution in [3.05, 3.63) is 0 Å². The van der Waals surface area contributed by atoms with Crippen LogP contribution >= 0.6 is 0 Å². The van der Waals surface area contributed by atoms with E-state index in [1.807, 2.05) is 0 Å². The highest BCUT2D eigenvalue weighted by Crippen LogP contribution is 2.29. The van der Waals surface area contributed by atoms with E-state index in [9.17, 15) is 4.79 Å². The first-order chi connectivity index (χ1) is 6.65. The average Bonchev–Trinajstić information content (AvgIpc) is 2.57. The van der Waals surface area contributed by atoms with Crippen LogP contribution in [0.3, 0.4) is 0 Å². The van der Waals surface area contributed by atoms with Crippen LogP contribution in [0.5, 0.6) is 0 Å². The third kappa shape index (κ3) is 2.07. The molecule has 0 aromatic heterocycles. The zero-order chi connectivity index (χ0) is 10.1. The summed E-state index contributed by atoms with van der Waals surface area (Å²) in [6.07, 6.45) is 0.287. The molecular formula is C10H18N2O2. The Morgan fingerprint density at radius 1 is 1.29 bits per heavy atom. The fraction of sp³-hybridized carbons (Fsp3) is 0.900. The molecule has 2 rings (SSSR count). The number of rotatable bonds is 3. The van der Waals surface area contributed by atoms with E-state index in [0.29, 0.717) is 0 Å². The highest BCUT2D eigenvalue weighted by molar-refractivity contribution is 5.66. The summed E-state index contributed by atoms with van der Waals surface area (Å²) in [5, 5.41) is 8.58. The summed E-state index contributed by atoms with van der Waals surface area (Å²) in [6, 6.07) is 0. The molecular weight excluding hydrogens is 180 g/mol. The molecule has 4 heteroatoms. The number of carboxylic acid groups (broad SMARTS) is 1. The van der Waals surface area contributed by atoms with E-state index in [-0.39, 0.29) is 6.42 Å². The maximum Gasteiger partial charge on any atom is 0.304 e. The number of hydrogen-bond donors (Lipinski definition) is 1. The van der Waals surface area contributed by atoms with Crippen LogP contribution in [0.15, 0.2) is 0 Å². The van der Waals surface area contributed by atoms with Crippen LogP contribution in [0.25, 0.3) is 0 Å². The lowest BCUT2D eigenvalue weighted by Gasteiger charge is -2.17. The molecule has 4 nitrogen and oxygen atoms in total. The summed E-state index contributed by atoms with van der Waals surface area (Å²) in [4.78, 5) is 15.1. The van der Waals surface area contributed by atoms with Gasteiger partial charge in [-0.2, -0.15) is 0 Å². The predicted molar refractivity (Wildman–Crippen MR) is 53.2 cm³/mol. The van der Waals surface area contributed by atoms with E-state index in [1.54, 1.807) is 0 Å². The molecule has 2 aliphatic rings. The molecule has 2 saturated heterocycles. The van der Waals surface area contributed by atoms with Crippen molar-refractivity contribution in [2.24, 2.45) is 11.8 Å². The van der Waals surface area contributed by atoms with Gasteiger partial charge in [-0.15, -0.1) is 0 Å². The van der Waals surface area contributed by atoms with Crippen LogP contribution in [0, 0.1) is 11.8 Å². The Morgan fingerprint density at radius 3 is 2.36 bits per heavy atom. The Balaban J connectivity index is 1.77. The molecule has 0 radical (unpaired) electrons. The first-order valence-corrected chi connectivity index (χ1v) is 5.28. The molecule has 0 spiro atoms. The van der Waals surface area contributed by atoms with Gasteiger partial charge in [0.15, 0.2) is 0 Å². The van der Waals surface area contributed by atoms with Crippen LogP contribution in [0.4, 0.5) is 0 Å². The average molecular weight is 198 g/mol. The molecule has 2 fully saturated rings. The molecule has 0 saturated carbocycles. The smallest absolute Gasteiger partial charge is 0.304 e. The molecule has 0 bridgehead atoms. The van der Waals surface area contributed by atoms with Gasteiger partial charge in [0.1, 0.15) is 0 Å². The quantitative estimate of drug-likeness (QED) is 0.691. The SMILES string of the molecule is CN1CC2CN(CCC(=O)O)CC2C1. The van der Waals surface area contributed by atoms with E-state index in [4.69, 9.17) is 5.11 Å². The molecule has 80 valence electrons. The van der Waals surface area contributed by atoms with Crippen LogP contribution in [-0.4, -0.2) is 60.6 Å². The lowest BCUT2D eigenvalue weighted by Crippen LogP contribution is -2.28. The number of likely N-dealkylation sites (tertiary alicyclic amines) is 2. The van der Waals surface area contributed by atoms with Gasteiger partial charge in [0.25, 0.3) is 0 Å². The highest BCUT2D eigenvalue weighted by Gasteiger charge is 2.38. The van der Waals surface area contributed by atoms with Gasteiger partial charge >= 0.3 is 5.97 Å². The molecule has 0 amide bonds. The summed E-state index contributed by atoms with van der Waals surface area (Å²) in [5.41, 5.74) is 0. The van der Waals surface area contributed by atoms with E-state index in [2.05, 4.69) is 16.8 Å². The molecule has 2 aliphatic heterocycles. The van der Waals surface area contributed by atoms with Crippen molar-refractivity contribution in [3.63, 3.8) is 0 Å². The number of carboxylic acids is 1. The summed E-state index contributed by atoms with van der Waals surface area (Å²) in [6.45, 7) is 5.30. The monoisotopic (exact) mass is 198 g/mol. The van der Waals surface area contributed by atoms with Gasteiger partial charge in [-0.1, -0.05) is 0 Å². The zero-order valence-corrected chi connectivity index (χ0v) is 8.65. The fourth-order valence-electron chi connectivity index (χ4n) is 2.76. The van der Waals surface area contributed by atoms with Crippen molar-refractivity contribution in [1.82, 2.24) is 9.80 Å². The van der Waals surface area contributed by atoms with Crippen LogP contribution in [0.1, 0.15) is 6.42 Å². The van der Waals surface area contributed by atoms with Gasteiger partial charge in [-0.25, -0.2) is 0 Å². The van der Waals surface area contributed by atoms with Gasteiger partial charge < -0.3 is 14.9 Å². The lowest BCUT2D eigenvalue weighted by molar-refractivity contribution is -0.137. The second kappa shape index (κ2) is 3.87. The topological polar surface area (TPSA) is 43.8 Å². The van der Waals surface area contributed by atoms with Gasteiger partial charge in [-0.3, -0.25) is 4.79 Å². The normalized spacial score (nSPS) is 33.5. The second-order valence-corrected chi connectivity index (χ2v) is 4.64. The number of hydrogen-bond acceptors (Lipinski definition) is 3. The predicted octanol–water partition coefficient (Wildman–Crippen LogP) is -0.0455. The van der Waals surface area contributed by atoms with E-state index in [0.717, 1.165) is 31.5 Å². The second-order valence-electron chi connectivity index (χ2n) is 4.64. The number of carbonyl (C=O) groups is 1. The maximum absolute atomic E-state index is 10.4. The standard InChI is InChI=1S/C10H18N2O2/c1-11-4-8-6-12(3-2-10(13)14)7-9(8)5-11/h8-9H,2-7H2,1H3,(H,13,14).